The summed E-state index contributed by atoms with van der Waals surface area (Å²) in [6, 6.07) is 1.79. The van der Waals surface area contributed by atoms with Crippen molar-refractivity contribution in [1.29, 1.82) is 0 Å². The molecule has 16 heavy (non-hydrogen) atoms. The van der Waals surface area contributed by atoms with E-state index in [1.807, 2.05) is 20.8 Å². The van der Waals surface area contributed by atoms with Crippen molar-refractivity contribution in [2.24, 2.45) is 11.1 Å². The highest BCUT2D eigenvalue weighted by atomic mass is 79.9. The molecule has 2 N–H and O–H groups in total. The molecule has 0 radical (unpaired) electrons. The normalized spacial score (nSPS) is 13.2. The zero-order chi connectivity index (χ0) is 11.8. The molecule has 1 aromatic carbocycles. The van der Waals surface area contributed by atoms with Crippen molar-refractivity contribution in [3.8, 4) is 0 Å². The minimum absolute atomic E-state index is 0. The van der Waals surface area contributed by atoms with Crippen LogP contribution in [0.1, 0.15) is 32.4 Å². The van der Waals surface area contributed by atoms with Gasteiger partial charge in [-0.1, -0.05) is 36.7 Å². The van der Waals surface area contributed by atoms with E-state index < -0.39 is 17.7 Å². The lowest BCUT2D eigenvalue weighted by Gasteiger charge is -2.28. The fraction of sp³-hybridized carbons (Fsp3) is 0.455. The molecular weight excluding hydrogens is 299 g/mol. The van der Waals surface area contributed by atoms with Gasteiger partial charge in [0.15, 0.2) is 0 Å². The van der Waals surface area contributed by atoms with Crippen LogP contribution >= 0.6 is 28.3 Å². The van der Waals surface area contributed by atoms with Gasteiger partial charge >= 0.3 is 0 Å². The first-order chi connectivity index (χ1) is 6.73. The van der Waals surface area contributed by atoms with Gasteiger partial charge < -0.3 is 5.73 Å². The molecule has 1 nitrogen and oxygen atoms in total. The highest BCUT2D eigenvalue weighted by Crippen LogP contribution is 2.34. The molecule has 0 unspecified atom stereocenters. The first-order valence-electron chi connectivity index (χ1n) is 4.63. The van der Waals surface area contributed by atoms with Crippen molar-refractivity contribution < 1.29 is 8.78 Å². The maximum absolute atomic E-state index is 13.5. The van der Waals surface area contributed by atoms with Crippen molar-refractivity contribution >= 4 is 28.3 Å². The maximum Gasteiger partial charge on any atom is 0.132 e. The van der Waals surface area contributed by atoms with Crippen molar-refractivity contribution in [1.82, 2.24) is 0 Å². The van der Waals surface area contributed by atoms with Crippen LogP contribution in [-0.4, -0.2) is 0 Å². The van der Waals surface area contributed by atoms with Crippen LogP contribution in [0.5, 0.6) is 0 Å². The molecule has 0 aromatic heterocycles. The summed E-state index contributed by atoms with van der Waals surface area (Å²) in [4.78, 5) is 0. The van der Waals surface area contributed by atoms with Crippen LogP contribution in [0.2, 0.25) is 0 Å². The molecule has 0 aliphatic heterocycles. The van der Waals surface area contributed by atoms with Gasteiger partial charge in [0, 0.05) is 16.1 Å². The Morgan fingerprint density at radius 3 is 1.88 bits per heavy atom. The number of hydrogen-bond acceptors (Lipinski definition) is 1. The van der Waals surface area contributed by atoms with Gasteiger partial charge in [0.2, 0.25) is 0 Å². The van der Waals surface area contributed by atoms with E-state index in [-0.39, 0.29) is 23.4 Å². The van der Waals surface area contributed by atoms with Crippen molar-refractivity contribution in [2.75, 3.05) is 0 Å². The van der Waals surface area contributed by atoms with Gasteiger partial charge in [-0.15, -0.1) is 12.4 Å². The fourth-order valence-corrected chi connectivity index (χ4v) is 1.69. The smallest absolute Gasteiger partial charge is 0.132 e. The summed E-state index contributed by atoms with van der Waals surface area (Å²) in [5.74, 6) is -1.21. The van der Waals surface area contributed by atoms with Gasteiger partial charge in [0.25, 0.3) is 0 Å². The lowest BCUT2D eigenvalue weighted by Crippen LogP contribution is -2.28. The summed E-state index contributed by atoms with van der Waals surface area (Å²) >= 11 is 3.03. The van der Waals surface area contributed by atoms with E-state index in [4.69, 9.17) is 5.73 Å². The number of hydrogen-bond donors (Lipinski definition) is 1. The van der Waals surface area contributed by atoms with Crippen LogP contribution in [0, 0.1) is 17.0 Å². The van der Waals surface area contributed by atoms with E-state index in [9.17, 15) is 8.78 Å². The molecule has 0 saturated heterocycles. The van der Waals surface area contributed by atoms with Crippen molar-refractivity contribution in [3.63, 3.8) is 0 Å². The Morgan fingerprint density at radius 1 is 1.19 bits per heavy atom. The average molecular weight is 315 g/mol. The Labute approximate surface area is 109 Å². The van der Waals surface area contributed by atoms with E-state index in [1.165, 1.54) is 12.1 Å². The molecule has 0 aliphatic carbocycles. The summed E-state index contributed by atoms with van der Waals surface area (Å²) in [6.07, 6.45) is 0. The summed E-state index contributed by atoms with van der Waals surface area (Å²) in [5.41, 5.74) is 5.40. The maximum atomic E-state index is 13.5. The molecule has 92 valence electrons. The van der Waals surface area contributed by atoms with E-state index in [1.54, 1.807) is 0 Å². The third-order valence-electron chi connectivity index (χ3n) is 2.29. The first-order valence-corrected chi connectivity index (χ1v) is 5.43. The van der Waals surface area contributed by atoms with Crippen LogP contribution in [0.15, 0.2) is 16.6 Å². The Balaban J connectivity index is 0.00000225. The third kappa shape index (κ3) is 3.40. The Kier molecular flexibility index (Phi) is 5.36. The zero-order valence-electron chi connectivity index (χ0n) is 9.35. The summed E-state index contributed by atoms with van der Waals surface area (Å²) in [5, 5.41) is 0. The molecule has 0 amide bonds. The Morgan fingerprint density at radius 2 is 1.56 bits per heavy atom. The van der Waals surface area contributed by atoms with Crippen LogP contribution in [-0.2, 0) is 0 Å². The molecule has 0 bridgehead atoms. The molecule has 0 saturated carbocycles. The van der Waals surface area contributed by atoms with Gasteiger partial charge in [0.05, 0.1) is 0 Å². The zero-order valence-corrected chi connectivity index (χ0v) is 11.8. The van der Waals surface area contributed by atoms with Gasteiger partial charge in [0.1, 0.15) is 11.6 Å². The number of rotatable bonds is 1. The molecule has 0 heterocycles. The number of nitrogens with two attached hydrogens (primary N) is 1. The largest absolute Gasteiger partial charge is 0.323 e. The summed E-state index contributed by atoms with van der Waals surface area (Å²) < 4.78 is 27.5. The molecule has 1 atom stereocenters. The molecule has 5 heteroatoms. The van der Waals surface area contributed by atoms with Crippen molar-refractivity contribution in [3.05, 3.63) is 33.8 Å². The van der Waals surface area contributed by atoms with Gasteiger partial charge in [-0.25, -0.2) is 8.78 Å². The predicted octanol–water partition coefficient (Wildman–Crippen LogP) is 4.20. The van der Waals surface area contributed by atoms with Crippen molar-refractivity contribution in [2.45, 2.75) is 26.8 Å². The second-order valence-corrected chi connectivity index (χ2v) is 5.54. The predicted molar refractivity (Wildman–Crippen MR) is 67.7 cm³/mol. The first kappa shape index (κ1) is 15.8. The van der Waals surface area contributed by atoms with E-state index in [0.29, 0.717) is 4.47 Å². The Bertz CT molecular complexity index is 354. The average Bonchev–Trinajstić information content (AvgIpc) is 1.99. The molecular formula is C11H15BrClF2N. The summed E-state index contributed by atoms with van der Waals surface area (Å²) in [6.45, 7) is 5.54. The molecule has 0 spiro atoms. The second kappa shape index (κ2) is 5.43. The monoisotopic (exact) mass is 313 g/mol. The highest BCUT2D eigenvalue weighted by molar-refractivity contribution is 9.10. The SMILES string of the molecule is CC(C)(C)[C@H](N)c1c(F)cc(Br)cc1F.Cl. The Hall–Kier alpha value is -0.190. The number of halogens is 4. The minimum Gasteiger partial charge on any atom is -0.323 e. The van der Waals surface area contributed by atoms with Gasteiger partial charge in [-0.2, -0.15) is 0 Å². The second-order valence-electron chi connectivity index (χ2n) is 4.63. The topological polar surface area (TPSA) is 26.0 Å². The number of benzene rings is 1. The molecule has 0 fully saturated rings. The van der Waals surface area contributed by atoms with Crippen LogP contribution in [0.4, 0.5) is 8.78 Å². The van der Waals surface area contributed by atoms with Crippen LogP contribution in [0.25, 0.3) is 0 Å². The molecule has 0 aliphatic rings. The summed E-state index contributed by atoms with van der Waals surface area (Å²) in [7, 11) is 0. The third-order valence-corrected chi connectivity index (χ3v) is 2.75. The minimum atomic E-state index is -0.661. The van der Waals surface area contributed by atoms with E-state index in [2.05, 4.69) is 15.9 Å². The van der Waals surface area contributed by atoms with Crippen LogP contribution in [0.3, 0.4) is 0 Å². The quantitative estimate of drug-likeness (QED) is 0.826. The molecule has 1 rings (SSSR count). The highest BCUT2D eigenvalue weighted by Gasteiger charge is 2.27. The van der Waals surface area contributed by atoms with Crippen LogP contribution < -0.4 is 5.73 Å². The lowest BCUT2D eigenvalue weighted by atomic mass is 9.82. The lowest BCUT2D eigenvalue weighted by molar-refractivity contribution is 0.310. The van der Waals surface area contributed by atoms with Gasteiger partial charge in [-0.05, 0) is 17.5 Å². The standard InChI is InChI=1S/C11H14BrF2N.ClH/c1-11(2,3)10(15)9-7(13)4-6(12)5-8(9)14;/h4-5,10H,15H2,1-3H3;1H/t10-;/m1./s1. The van der Waals surface area contributed by atoms with E-state index in [0.717, 1.165) is 0 Å². The van der Waals surface area contributed by atoms with Gasteiger partial charge in [-0.3, -0.25) is 0 Å². The fourth-order valence-electron chi connectivity index (χ4n) is 1.28. The van der Waals surface area contributed by atoms with E-state index >= 15 is 0 Å². The molecule has 1 aromatic rings.